The zero-order chi connectivity index (χ0) is 17.5. The summed E-state index contributed by atoms with van der Waals surface area (Å²) in [7, 11) is 0. The molecule has 0 fully saturated rings. The molecular formula is C15H22BrN3O4. The molecule has 2 N–H and O–H groups in total. The molecule has 0 atom stereocenters. The van der Waals surface area contributed by atoms with Crippen molar-refractivity contribution in [2.24, 2.45) is 0 Å². The molecule has 0 spiro atoms. The standard InChI is InChI=1S/C15H22BrN3O4/c1-15(2,3)23-13(20)17-7-4-8-19(14(21)22)10-11-5-6-12(16)18-9-11/h5-6,9H,4,7-8,10H2,1-3H3,(H,17,20)(H,21,22). The number of pyridine rings is 1. The number of alkyl carbamates (subject to hydrolysis) is 1. The molecule has 0 saturated heterocycles. The fourth-order valence-corrected chi connectivity index (χ4v) is 1.97. The number of amides is 2. The van der Waals surface area contributed by atoms with E-state index in [9.17, 15) is 14.7 Å². The maximum absolute atomic E-state index is 11.5. The highest BCUT2D eigenvalue weighted by molar-refractivity contribution is 9.10. The van der Waals surface area contributed by atoms with Crippen LogP contribution in [-0.2, 0) is 11.3 Å². The molecule has 7 nitrogen and oxygen atoms in total. The van der Waals surface area contributed by atoms with E-state index in [4.69, 9.17) is 4.74 Å². The smallest absolute Gasteiger partial charge is 0.407 e. The average molecular weight is 388 g/mol. The summed E-state index contributed by atoms with van der Waals surface area (Å²) >= 11 is 3.23. The molecule has 1 rings (SSSR count). The van der Waals surface area contributed by atoms with Crippen molar-refractivity contribution in [3.05, 3.63) is 28.5 Å². The summed E-state index contributed by atoms with van der Waals surface area (Å²) in [4.78, 5) is 28.1. The van der Waals surface area contributed by atoms with E-state index in [0.717, 1.165) is 5.56 Å². The van der Waals surface area contributed by atoms with Gasteiger partial charge in [-0.15, -0.1) is 0 Å². The third-order valence-electron chi connectivity index (χ3n) is 2.71. The number of hydrogen-bond donors (Lipinski definition) is 2. The van der Waals surface area contributed by atoms with Crippen molar-refractivity contribution < 1.29 is 19.4 Å². The first-order valence-electron chi connectivity index (χ1n) is 7.22. The van der Waals surface area contributed by atoms with E-state index in [1.807, 2.05) is 6.07 Å². The molecule has 23 heavy (non-hydrogen) atoms. The van der Waals surface area contributed by atoms with Gasteiger partial charge in [0.05, 0.1) is 6.54 Å². The van der Waals surface area contributed by atoms with E-state index in [-0.39, 0.29) is 6.54 Å². The van der Waals surface area contributed by atoms with Crippen LogP contribution in [0.15, 0.2) is 22.9 Å². The largest absolute Gasteiger partial charge is 0.465 e. The Balaban J connectivity index is 2.38. The summed E-state index contributed by atoms with van der Waals surface area (Å²) in [6.07, 6.45) is 0.607. The van der Waals surface area contributed by atoms with Crippen LogP contribution in [0.1, 0.15) is 32.8 Å². The molecule has 0 aliphatic heterocycles. The van der Waals surface area contributed by atoms with Gasteiger partial charge in [0, 0.05) is 19.3 Å². The Labute approximate surface area is 144 Å². The Bertz CT molecular complexity index is 529. The molecule has 0 aromatic carbocycles. The zero-order valence-corrected chi connectivity index (χ0v) is 15.1. The quantitative estimate of drug-likeness (QED) is 0.577. The Morgan fingerprint density at radius 2 is 2.09 bits per heavy atom. The molecule has 1 heterocycles. The van der Waals surface area contributed by atoms with Crippen LogP contribution in [-0.4, -0.2) is 45.9 Å². The van der Waals surface area contributed by atoms with Gasteiger partial charge in [-0.1, -0.05) is 6.07 Å². The van der Waals surface area contributed by atoms with Crippen molar-refractivity contribution in [3.8, 4) is 0 Å². The van der Waals surface area contributed by atoms with E-state index >= 15 is 0 Å². The molecule has 128 valence electrons. The third kappa shape index (κ3) is 8.39. The SMILES string of the molecule is CC(C)(C)OC(=O)NCCCN(Cc1ccc(Br)nc1)C(=O)O. The number of nitrogens with one attached hydrogen (secondary N) is 1. The van der Waals surface area contributed by atoms with E-state index in [2.05, 4.69) is 26.2 Å². The van der Waals surface area contributed by atoms with Gasteiger partial charge in [0.25, 0.3) is 0 Å². The van der Waals surface area contributed by atoms with Crippen molar-refractivity contribution in [3.63, 3.8) is 0 Å². The van der Waals surface area contributed by atoms with Gasteiger partial charge in [0.15, 0.2) is 0 Å². The lowest BCUT2D eigenvalue weighted by Gasteiger charge is -2.21. The number of carboxylic acid groups (broad SMARTS) is 1. The number of carbonyl (C=O) groups is 2. The zero-order valence-electron chi connectivity index (χ0n) is 13.5. The van der Waals surface area contributed by atoms with Crippen LogP contribution in [0.4, 0.5) is 9.59 Å². The fraction of sp³-hybridized carbons (Fsp3) is 0.533. The highest BCUT2D eigenvalue weighted by atomic mass is 79.9. The third-order valence-corrected chi connectivity index (χ3v) is 3.17. The molecule has 0 aliphatic rings. The van der Waals surface area contributed by atoms with Crippen LogP contribution < -0.4 is 5.32 Å². The predicted molar refractivity (Wildman–Crippen MR) is 89.2 cm³/mol. The second kappa shape index (κ2) is 8.71. The fourth-order valence-electron chi connectivity index (χ4n) is 1.74. The van der Waals surface area contributed by atoms with Crippen molar-refractivity contribution in [1.29, 1.82) is 0 Å². The Morgan fingerprint density at radius 3 is 2.61 bits per heavy atom. The van der Waals surface area contributed by atoms with Crippen LogP contribution >= 0.6 is 15.9 Å². The van der Waals surface area contributed by atoms with E-state index < -0.39 is 17.8 Å². The highest BCUT2D eigenvalue weighted by Gasteiger charge is 2.16. The second-order valence-corrected chi connectivity index (χ2v) is 6.79. The van der Waals surface area contributed by atoms with Gasteiger partial charge >= 0.3 is 12.2 Å². The number of carbonyl (C=O) groups excluding carboxylic acids is 1. The summed E-state index contributed by atoms with van der Waals surface area (Å²) in [5, 5.41) is 11.8. The van der Waals surface area contributed by atoms with Crippen LogP contribution in [0.3, 0.4) is 0 Å². The minimum atomic E-state index is -1.01. The normalized spacial score (nSPS) is 11.0. The average Bonchev–Trinajstić information content (AvgIpc) is 2.42. The van der Waals surface area contributed by atoms with E-state index in [1.165, 1.54) is 4.90 Å². The first-order valence-corrected chi connectivity index (χ1v) is 8.02. The molecule has 0 bridgehead atoms. The summed E-state index contributed by atoms with van der Waals surface area (Å²) in [6.45, 7) is 6.25. The lowest BCUT2D eigenvalue weighted by Crippen LogP contribution is -2.35. The lowest BCUT2D eigenvalue weighted by molar-refractivity contribution is 0.0526. The maximum atomic E-state index is 11.5. The van der Waals surface area contributed by atoms with Gasteiger partial charge in [-0.25, -0.2) is 14.6 Å². The molecule has 1 aromatic rings. The van der Waals surface area contributed by atoms with Gasteiger partial charge in [-0.2, -0.15) is 0 Å². The molecular weight excluding hydrogens is 366 g/mol. The first-order chi connectivity index (χ1) is 10.7. The minimum absolute atomic E-state index is 0.252. The van der Waals surface area contributed by atoms with Crippen LogP contribution in [0.2, 0.25) is 0 Å². The van der Waals surface area contributed by atoms with Crippen LogP contribution in [0.25, 0.3) is 0 Å². The number of ether oxygens (including phenoxy) is 1. The highest BCUT2D eigenvalue weighted by Crippen LogP contribution is 2.09. The summed E-state index contributed by atoms with van der Waals surface area (Å²) in [6, 6.07) is 3.57. The minimum Gasteiger partial charge on any atom is -0.465 e. The maximum Gasteiger partial charge on any atom is 0.407 e. The van der Waals surface area contributed by atoms with Crippen molar-refractivity contribution in [2.75, 3.05) is 13.1 Å². The van der Waals surface area contributed by atoms with Gasteiger partial charge in [-0.3, -0.25) is 0 Å². The monoisotopic (exact) mass is 387 g/mol. The van der Waals surface area contributed by atoms with Crippen molar-refractivity contribution in [1.82, 2.24) is 15.2 Å². The van der Waals surface area contributed by atoms with Gasteiger partial charge < -0.3 is 20.1 Å². The molecule has 0 radical (unpaired) electrons. The topological polar surface area (TPSA) is 91.8 Å². The van der Waals surface area contributed by atoms with Crippen LogP contribution in [0, 0.1) is 0 Å². The molecule has 0 saturated carbocycles. The second-order valence-electron chi connectivity index (χ2n) is 5.98. The van der Waals surface area contributed by atoms with E-state index in [0.29, 0.717) is 24.1 Å². The number of hydrogen-bond acceptors (Lipinski definition) is 4. The lowest BCUT2D eigenvalue weighted by atomic mass is 10.2. The van der Waals surface area contributed by atoms with Crippen LogP contribution in [0.5, 0.6) is 0 Å². The van der Waals surface area contributed by atoms with Gasteiger partial charge in [0.1, 0.15) is 10.2 Å². The Hall–Kier alpha value is -1.83. The van der Waals surface area contributed by atoms with Gasteiger partial charge in [-0.05, 0) is 54.8 Å². The Kier molecular flexibility index (Phi) is 7.28. The molecule has 8 heteroatoms. The summed E-state index contributed by atoms with van der Waals surface area (Å²) in [5.41, 5.74) is 0.252. The van der Waals surface area contributed by atoms with Gasteiger partial charge in [0.2, 0.25) is 0 Å². The summed E-state index contributed by atoms with van der Waals surface area (Å²) < 4.78 is 5.81. The molecule has 2 amide bonds. The number of aromatic nitrogens is 1. The summed E-state index contributed by atoms with van der Waals surface area (Å²) in [5.74, 6) is 0. The molecule has 1 aromatic heterocycles. The number of rotatable bonds is 6. The Morgan fingerprint density at radius 1 is 1.39 bits per heavy atom. The first kappa shape index (κ1) is 19.2. The molecule has 0 aliphatic carbocycles. The number of nitrogens with zero attached hydrogens (tertiary/aromatic N) is 2. The van der Waals surface area contributed by atoms with Crippen molar-refractivity contribution >= 4 is 28.1 Å². The number of halogens is 1. The van der Waals surface area contributed by atoms with Crippen molar-refractivity contribution in [2.45, 2.75) is 39.3 Å². The molecule has 0 unspecified atom stereocenters. The van der Waals surface area contributed by atoms with E-state index in [1.54, 1.807) is 33.0 Å². The predicted octanol–water partition coefficient (Wildman–Crippen LogP) is 3.24.